The van der Waals surface area contributed by atoms with Gasteiger partial charge in [0, 0.05) is 48.0 Å². The summed E-state index contributed by atoms with van der Waals surface area (Å²) in [6.07, 6.45) is 5.55. The first-order valence-corrected chi connectivity index (χ1v) is 18.9. The van der Waals surface area contributed by atoms with E-state index in [2.05, 4.69) is 45.0 Å². The van der Waals surface area contributed by atoms with Crippen LogP contribution in [0.3, 0.4) is 0 Å². The summed E-state index contributed by atoms with van der Waals surface area (Å²) < 4.78 is 11.9. The number of benzene rings is 2. The minimum absolute atomic E-state index is 0.0169. The monoisotopic (exact) mass is 842 g/mol. The molecule has 0 bridgehead atoms. The van der Waals surface area contributed by atoms with Gasteiger partial charge in [-0.25, -0.2) is 9.59 Å². The molecule has 0 radical (unpaired) electrons. The molecule has 0 saturated carbocycles. The molecule has 14 heteroatoms. The molecular weight excluding hydrogens is 800 g/mol. The predicted molar refractivity (Wildman–Crippen MR) is 200 cm³/mol. The second-order valence-electron chi connectivity index (χ2n) is 12.5. The minimum atomic E-state index is -0.795. The number of unbranched alkanes of at least 4 members (excludes halogenated alkanes) is 3. The molecule has 2 aliphatic heterocycles. The Balaban J connectivity index is 1.31. The van der Waals surface area contributed by atoms with E-state index in [0.29, 0.717) is 25.7 Å². The Morgan fingerprint density at radius 2 is 0.981 bits per heavy atom. The van der Waals surface area contributed by atoms with Gasteiger partial charge in [-0.1, -0.05) is 94.3 Å². The number of carbonyl (C=O) groups is 6. The highest BCUT2D eigenvalue weighted by atomic mass is 79.9. The number of carbonyl (C=O) groups excluding carboxylic acids is 6. The van der Waals surface area contributed by atoms with Crippen molar-refractivity contribution in [2.75, 3.05) is 26.3 Å². The quantitative estimate of drug-likeness (QED) is 0.0583. The number of ether oxygens (including phenoxy) is 2. The molecule has 2 aliphatic rings. The standard InChI is InChI=1S/C38H44Br2N4O8/c1-3-23-51-33(45)19-17-31-35(47)41(37(49)43(31)25-27-9-13-29(39)14-10-27)21-7-5-6-8-22-42-36(48)32(18-20-34(46)52-24-4-2)44(38(42)50)26-28-11-15-30(40)16-12-28/h3-4,9-16,31-32H,1-2,5-8,17-26H2. The van der Waals surface area contributed by atoms with Crippen LogP contribution in [0.25, 0.3) is 0 Å². The van der Waals surface area contributed by atoms with Crippen molar-refractivity contribution >= 4 is 67.7 Å². The van der Waals surface area contributed by atoms with Crippen molar-refractivity contribution in [1.29, 1.82) is 0 Å². The summed E-state index contributed by atoms with van der Waals surface area (Å²) in [4.78, 5) is 83.9. The summed E-state index contributed by atoms with van der Waals surface area (Å²) in [7, 11) is 0. The largest absolute Gasteiger partial charge is 0.461 e. The third kappa shape index (κ3) is 11.1. The average Bonchev–Trinajstić information content (AvgIpc) is 3.49. The molecule has 12 nitrogen and oxygen atoms in total. The van der Waals surface area contributed by atoms with E-state index in [1.165, 1.54) is 31.8 Å². The van der Waals surface area contributed by atoms with Crippen LogP contribution in [0, 0.1) is 0 Å². The Bertz CT molecular complexity index is 1500. The number of halogens is 2. The number of esters is 2. The Labute approximate surface area is 321 Å². The SMILES string of the molecule is C=CCOC(=O)CCC1C(=O)N(CCCCCCN2C(=O)C(CCC(=O)OCC=C)N(Cc3ccc(Br)cc3)C2=O)C(=O)N1Cc1ccc(Br)cc1. The summed E-state index contributed by atoms with van der Waals surface area (Å²) in [5.74, 6) is -1.63. The molecule has 52 heavy (non-hydrogen) atoms. The van der Waals surface area contributed by atoms with Crippen molar-refractivity contribution in [1.82, 2.24) is 19.6 Å². The molecule has 2 fully saturated rings. The van der Waals surface area contributed by atoms with Crippen molar-refractivity contribution in [2.45, 2.75) is 76.5 Å². The first-order valence-electron chi connectivity index (χ1n) is 17.3. The highest BCUT2D eigenvalue weighted by molar-refractivity contribution is 9.10. The van der Waals surface area contributed by atoms with Gasteiger partial charge in [0.05, 0.1) is 0 Å². The number of rotatable bonds is 21. The Morgan fingerprint density at radius 1 is 0.615 bits per heavy atom. The topological polar surface area (TPSA) is 134 Å². The maximum Gasteiger partial charge on any atom is 0.327 e. The van der Waals surface area contributed by atoms with Crippen LogP contribution in [0.4, 0.5) is 9.59 Å². The fraction of sp³-hybridized carbons (Fsp3) is 0.421. The van der Waals surface area contributed by atoms with Crippen LogP contribution in [0.1, 0.15) is 62.5 Å². The van der Waals surface area contributed by atoms with E-state index in [0.717, 1.165) is 20.1 Å². The van der Waals surface area contributed by atoms with Crippen LogP contribution in [0.15, 0.2) is 82.8 Å². The van der Waals surface area contributed by atoms with Gasteiger partial charge in [-0.15, -0.1) is 0 Å². The van der Waals surface area contributed by atoms with E-state index in [1.807, 2.05) is 48.5 Å². The smallest absolute Gasteiger partial charge is 0.327 e. The third-order valence-electron chi connectivity index (χ3n) is 8.82. The fourth-order valence-electron chi connectivity index (χ4n) is 6.14. The van der Waals surface area contributed by atoms with Crippen molar-refractivity contribution in [3.8, 4) is 0 Å². The van der Waals surface area contributed by atoms with Crippen molar-refractivity contribution in [3.63, 3.8) is 0 Å². The van der Waals surface area contributed by atoms with Gasteiger partial charge in [-0.3, -0.25) is 29.0 Å². The van der Waals surface area contributed by atoms with Crippen molar-refractivity contribution in [2.24, 2.45) is 0 Å². The van der Waals surface area contributed by atoms with Gasteiger partial charge in [0.15, 0.2) is 0 Å². The lowest BCUT2D eigenvalue weighted by Crippen LogP contribution is -2.35. The van der Waals surface area contributed by atoms with Crippen LogP contribution < -0.4 is 0 Å². The molecule has 2 aromatic carbocycles. The lowest BCUT2D eigenvalue weighted by atomic mass is 10.1. The third-order valence-corrected chi connectivity index (χ3v) is 9.88. The van der Waals surface area contributed by atoms with Gasteiger partial charge < -0.3 is 19.3 Å². The van der Waals surface area contributed by atoms with E-state index in [-0.39, 0.29) is 76.9 Å². The van der Waals surface area contributed by atoms with Crippen LogP contribution >= 0.6 is 31.9 Å². The number of imide groups is 2. The lowest BCUT2D eigenvalue weighted by molar-refractivity contribution is -0.144. The van der Waals surface area contributed by atoms with Gasteiger partial charge in [0.25, 0.3) is 11.8 Å². The molecular formula is C38H44Br2N4O8. The predicted octanol–water partition coefficient (Wildman–Crippen LogP) is 6.76. The zero-order valence-electron chi connectivity index (χ0n) is 29.1. The molecule has 6 amide bonds. The van der Waals surface area contributed by atoms with E-state index in [1.54, 1.807) is 0 Å². The highest BCUT2D eigenvalue weighted by Gasteiger charge is 2.46. The zero-order chi connectivity index (χ0) is 37.6. The molecule has 2 aromatic rings. The van der Waals surface area contributed by atoms with E-state index in [9.17, 15) is 28.8 Å². The van der Waals surface area contributed by atoms with Gasteiger partial charge >= 0.3 is 24.0 Å². The van der Waals surface area contributed by atoms with Crippen LogP contribution in [0.5, 0.6) is 0 Å². The summed E-state index contributed by atoms with van der Waals surface area (Å²) in [5.41, 5.74) is 1.70. The second-order valence-corrected chi connectivity index (χ2v) is 14.4. The molecule has 4 rings (SSSR count). The van der Waals surface area contributed by atoms with Crippen molar-refractivity contribution < 1.29 is 38.2 Å². The van der Waals surface area contributed by atoms with E-state index < -0.39 is 36.1 Å². The number of nitrogens with zero attached hydrogens (tertiary/aromatic N) is 4. The van der Waals surface area contributed by atoms with E-state index >= 15 is 0 Å². The van der Waals surface area contributed by atoms with Gasteiger partial charge in [-0.2, -0.15) is 0 Å². The molecule has 2 atom stereocenters. The maximum absolute atomic E-state index is 13.5. The first-order chi connectivity index (χ1) is 25.0. The Morgan fingerprint density at radius 3 is 1.33 bits per heavy atom. The van der Waals surface area contributed by atoms with Gasteiger partial charge in [0.2, 0.25) is 0 Å². The number of urea groups is 2. The van der Waals surface area contributed by atoms with Crippen molar-refractivity contribution in [3.05, 3.63) is 93.9 Å². The van der Waals surface area contributed by atoms with Crippen LogP contribution in [-0.4, -0.2) is 93.8 Å². The molecule has 2 saturated heterocycles. The fourth-order valence-corrected chi connectivity index (χ4v) is 6.67. The molecule has 0 spiro atoms. The molecule has 2 heterocycles. The lowest BCUT2D eigenvalue weighted by Gasteiger charge is -2.22. The summed E-state index contributed by atoms with van der Waals surface area (Å²) >= 11 is 6.82. The number of hydrogen-bond acceptors (Lipinski definition) is 8. The molecule has 278 valence electrons. The first kappa shape index (κ1) is 40.5. The molecule has 0 N–H and O–H groups in total. The normalized spacial score (nSPS) is 17.3. The average molecular weight is 845 g/mol. The Hall–Kier alpha value is -4.30. The molecule has 0 aliphatic carbocycles. The summed E-state index contributed by atoms with van der Waals surface area (Å²) in [5, 5.41) is 0. The van der Waals surface area contributed by atoms with Crippen LogP contribution in [-0.2, 0) is 41.7 Å². The Kier molecular flexibility index (Phi) is 15.6. The molecule has 2 unspecified atom stereocenters. The second kappa shape index (κ2) is 20.1. The number of amides is 6. The highest BCUT2D eigenvalue weighted by Crippen LogP contribution is 2.27. The minimum Gasteiger partial charge on any atom is -0.461 e. The summed E-state index contributed by atoms with van der Waals surface area (Å²) in [6.45, 7) is 8.06. The van der Waals surface area contributed by atoms with E-state index in [4.69, 9.17) is 9.47 Å². The zero-order valence-corrected chi connectivity index (χ0v) is 32.2. The van der Waals surface area contributed by atoms with Gasteiger partial charge in [-0.05, 0) is 61.1 Å². The summed E-state index contributed by atoms with van der Waals surface area (Å²) in [6, 6.07) is 12.5. The molecule has 0 aromatic heterocycles. The van der Waals surface area contributed by atoms with Crippen LogP contribution in [0.2, 0.25) is 0 Å². The van der Waals surface area contributed by atoms with Gasteiger partial charge in [0.1, 0.15) is 25.3 Å². The number of hydrogen-bond donors (Lipinski definition) is 0. The maximum atomic E-state index is 13.5.